The van der Waals surface area contributed by atoms with Crippen LogP contribution in [0.5, 0.6) is 5.75 Å². The summed E-state index contributed by atoms with van der Waals surface area (Å²) in [7, 11) is 5.60. The number of aliphatic hydroxyl groups is 1. The van der Waals surface area contributed by atoms with Gasteiger partial charge in [0.2, 0.25) is 0 Å². The van der Waals surface area contributed by atoms with Crippen molar-refractivity contribution in [2.45, 2.75) is 31.0 Å². The Balaban J connectivity index is 2.36. The first-order valence-electron chi connectivity index (χ1n) is 7.07. The third kappa shape index (κ3) is 2.68. The molecule has 1 aliphatic heterocycles. The molecule has 1 fully saturated rings. The Kier molecular flexibility index (Phi) is 4.37. The molecule has 0 saturated carbocycles. The van der Waals surface area contributed by atoms with Gasteiger partial charge in [-0.05, 0) is 51.6 Å². The van der Waals surface area contributed by atoms with Crippen LogP contribution in [0.4, 0.5) is 0 Å². The van der Waals surface area contributed by atoms with Gasteiger partial charge in [0, 0.05) is 13.2 Å². The summed E-state index contributed by atoms with van der Waals surface area (Å²) in [6.45, 7) is 3.24. The Hall–Kier alpha value is -1.10. The van der Waals surface area contributed by atoms with Crippen LogP contribution >= 0.6 is 0 Å². The third-order valence-electron chi connectivity index (χ3n) is 4.23. The first kappa shape index (κ1) is 15.3. The standard InChI is InChI=1S/C16H25NO3/c1-15(13-6-8-14(19-4)9-7-13)16(18,12-17(2)3)10-5-11-20-15/h6-9,18H,5,10-12H2,1-4H3. The first-order chi connectivity index (χ1) is 9.41. The lowest BCUT2D eigenvalue weighted by atomic mass is 9.74. The number of hydrogen-bond acceptors (Lipinski definition) is 4. The minimum atomic E-state index is -0.886. The zero-order chi connectivity index (χ0) is 14.8. The monoisotopic (exact) mass is 279 g/mol. The average Bonchev–Trinajstić information content (AvgIpc) is 2.41. The van der Waals surface area contributed by atoms with Gasteiger partial charge in [-0.2, -0.15) is 0 Å². The molecule has 2 rings (SSSR count). The lowest BCUT2D eigenvalue weighted by Gasteiger charge is -2.49. The van der Waals surface area contributed by atoms with Gasteiger partial charge in [-0.3, -0.25) is 0 Å². The average molecular weight is 279 g/mol. The van der Waals surface area contributed by atoms with Crippen LogP contribution in [-0.4, -0.2) is 50.0 Å². The fourth-order valence-corrected chi connectivity index (χ4v) is 3.03. The minimum absolute atomic E-state index is 0.579. The Bertz CT molecular complexity index is 446. The summed E-state index contributed by atoms with van der Waals surface area (Å²) >= 11 is 0. The van der Waals surface area contributed by atoms with E-state index in [0.29, 0.717) is 13.2 Å². The van der Waals surface area contributed by atoms with E-state index in [1.165, 1.54) is 0 Å². The van der Waals surface area contributed by atoms with Crippen molar-refractivity contribution in [1.82, 2.24) is 4.90 Å². The molecule has 1 N–H and O–H groups in total. The van der Waals surface area contributed by atoms with Crippen LogP contribution < -0.4 is 4.74 Å². The Morgan fingerprint density at radius 2 is 1.95 bits per heavy atom. The Morgan fingerprint density at radius 3 is 2.50 bits per heavy atom. The maximum atomic E-state index is 11.1. The van der Waals surface area contributed by atoms with Crippen molar-refractivity contribution in [2.75, 3.05) is 34.4 Å². The van der Waals surface area contributed by atoms with E-state index in [2.05, 4.69) is 0 Å². The van der Waals surface area contributed by atoms with Gasteiger partial charge in [0.05, 0.1) is 7.11 Å². The summed E-state index contributed by atoms with van der Waals surface area (Å²) in [5, 5.41) is 11.1. The van der Waals surface area contributed by atoms with E-state index in [1.54, 1.807) is 7.11 Å². The summed E-state index contributed by atoms with van der Waals surface area (Å²) in [5.74, 6) is 0.810. The Morgan fingerprint density at radius 1 is 1.30 bits per heavy atom. The van der Waals surface area contributed by atoms with E-state index in [4.69, 9.17) is 9.47 Å². The quantitative estimate of drug-likeness (QED) is 0.915. The van der Waals surface area contributed by atoms with Crippen LogP contribution in [0.2, 0.25) is 0 Å². The van der Waals surface area contributed by atoms with Crippen molar-refractivity contribution in [3.63, 3.8) is 0 Å². The highest BCUT2D eigenvalue weighted by atomic mass is 16.5. The molecule has 1 heterocycles. The maximum absolute atomic E-state index is 11.1. The molecule has 112 valence electrons. The summed E-state index contributed by atoms with van der Waals surface area (Å²) in [5.41, 5.74) is -0.590. The second-order valence-electron chi connectivity index (χ2n) is 5.98. The van der Waals surface area contributed by atoms with Crippen LogP contribution in [0.25, 0.3) is 0 Å². The van der Waals surface area contributed by atoms with Gasteiger partial charge in [0.15, 0.2) is 0 Å². The fourth-order valence-electron chi connectivity index (χ4n) is 3.03. The van der Waals surface area contributed by atoms with Crippen molar-refractivity contribution in [2.24, 2.45) is 0 Å². The zero-order valence-corrected chi connectivity index (χ0v) is 12.8. The molecular formula is C16H25NO3. The zero-order valence-electron chi connectivity index (χ0n) is 12.8. The molecule has 0 spiro atoms. The molecule has 2 unspecified atom stereocenters. The molecule has 4 heteroatoms. The highest BCUT2D eigenvalue weighted by molar-refractivity contribution is 5.33. The second-order valence-corrected chi connectivity index (χ2v) is 5.98. The van der Waals surface area contributed by atoms with Crippen molar-refractivity contribution < 1.29 is 14.6 Å². The van der Waals surface area contributed by atoms with Gasteiger partial charge in [-0.15, -0.1) is 0 Å². The molecule has 20 heavy (non-hydrogen) atoms. The van der Waals surface area contributed by atoms with Gasteiger partial charge in [-0.1, -0.05) is 12.1 Å². The fraction of sp³-hybridized carbons (Fsp3) is 0.625. The molecule has 1 aromatic rings. The molecule has 0 amide bonds. The molecule has 0 aliphatic carbocycles. The van der Waals surface area contributed by atoms with Gasteiger partial charge < -0.3 is 19.5 Å². The number of nitrogens with zero attached hydrogens (tertiary/aromatic N) is 1. The van der Waals surface area contributed by atoms with Crippen LogP contribution in [-0.2, 0) is 10.3 Å². The molecule has 1 aromatic carbocycles. The van der Waals surface area contributed by atoms with Crippen LogP contribution in [0, 0.1) is 0 Å². The maximum Gasteiger partial charge on any atom is 0.120 e. The molecule has 1 aliphatic rings. The van der Waals surface area contributed by atoms with Crippen molar-refractivity contribution in [3.05, 3.63) is 29.8 Å². The smallest absolute Gasteiger partial charge is 0.120 e. The summed E-state index contributed by atoms with van der Waals surface area (Å²) in [6.07, 6.45) is 1.63. The minimum Gasteiger partial charge on any atom is -0.497 e. The number of ether oxygens (including phenoxy) is 2. The number of methoxy groups -OCH3 is 1. The van der Waals surface area contributed by atoms with E-state index in [0.717, 1.165) is 24.2 Å². The van der Waals surface area contributed by atoms with Gasteiger partial charge in [0.25, 0.3) is 0 Å². The number of hydrogen-bond donors (Lipinski definition) is 1. The highest BCUT2D eigenvalue weighted by Gasteiger charge is 2.51. The molecular weight excluding hydrogens is 254 g/mol. The van der Waals surface area contributed by atoms with Crippen molar-refractivity contribution in [3.8, 4) is 5.75 Å². The molecule has 0 bridgehead atoms. The molecule has 1 saturated heterocycles. The summed E-state index contributed by atoms with van der Waals surface area (Å²) in [4.78, 5) is 2.01. The van der Waals surface area contributed by atoms with Crippen LogP contribution in [0.1, 0.15) is 25.3 Å². The van der Waals surface area contributed by atoms with Crippen molar-refractivity contribution >= 4 is 0 Å². The van der Waals surface area contributed by atoms with Crippen LogP contribution in [0.3, 0.4) is 0 Å². The Labute approximate surface area is 121 Å². The molecule has 0 radical (unpaired) electrons. The summed E-state index contributed by atoms with van der Waals surface area (Å²) < 4.78 is 11.2. The number of likely N-dealkylation sites (N-methyl/N-ethyl adjacent to an activating group) is 1. The summed E-state index contributed by atoms with van der Waals surface area (Å²) in [6, 6.07) is 7.78. The predicted octanol–water partition coefficient (Wildman–Crippen LogP) is 2.01. The normalized spacial score (nSPS) is 30.5. The van der Waals surface area contributed by atoms with Gasteiger partial charge in [-0.25, -0.2) is 0 Å². The van der Waals surface area contributed by atoms with E-state index in [-0.39, 0.29) is 0 Å². The topological polar surface area (TPSA) is 41.9 Å². The first-order valence-corrected chi connectivity index (χ1v) is 7.07. The van der Waals surface area contributed by atoms with Crippen LogP contribution in [0.15, 0.2) is 24.3 Å². The third-order valence-corrected chi connectivity index (χ3v) is 4.23. The lowest BCUT2D eigenvalue weighted by Crippen LogP contribution is -2.59. The van der Waals surface area contributed by atoms with E-state index < -0.39 is 11.2 Å². The largest absolute Gasteiger partial charge is 0.497 e. The molecule has 2 atom stereocenters. The number of rotatable bonds is 4. The van der Waals surface area contributed by atoms with Gasteiger partial charge >= 0.3 is 0 Å². The van der Waals surface area contributed by atoms with Gasteiger partial charge in [0.1, 0.15) is 17.0 Å². The molecule has 4 nitrogen and oxygen atoms in total. The highest BCUT2D eigenvalue weighted by Crippen LogP contribution is 2.43. The predicted molar refractivity (Wildman–Crippen MR) is 79.0 cm³/mol. The second kappa shape index (κ2) is 5.72. The molecule has 0 aromatic heterocycles. The van der Waals surface area contributed by atoms with E-state index in [9.17, 15) is 5.11 Å². The van der Waals surface area contributed by atoms with E-state index >= 15 is 0 Å². The lowest BCUT2D eigenvalue weighted by molar-refractivity contribution is -0.217. The van der Waals surface area contributed by atoms with Crippen molar-refractivity contribution in [1.29, 1.82) is 0 Å². The SMILES string of the molecule is COc1ccc(C2(C)OCCCC2(O)CN(C)C)cc1. The number of benzene rings is 1. The van der Waals surface area contributed by atoms with E-state index in [1.807, 2.05) is 50.2 Å².